The van der Waals surface area contributed by atoms with Crippen molar-refractivity contribution in [1.82, 2.24) is 10.3 Å². The maximum absolute atomic E-state index is 15.2. The third-order valence-electron chi connectivity index (χ3n) is 10.5. The number of aliphatic hydroxyl groups is 1. The Balaban J connectivity index is 0.00000358. The number of nitrogens with one attached hydrogen (secondary N) is 1. The van der Waals surface area contributed by atoms with Crippen molar-refractivity contribution in [1.29, 1.82) is 0 Å². The summed E-state index contributed by atoms with van der Waals surface area (Å²) in [5.41, 5.74) is 5.57. The fourth-order valence-electron chi connectivity index (χ4n) is 7.88. The molecule has 0 bridgehead atoms. The molecule has 1 heterocycles. The Morgan fingerprint density at radius 2 is 1.79 bits per heavy atom. The highest BCUT2D eigenvalue weighted by molar-refractivity contribution is 5.49. The Hall–Kier alpha value is -3.32. The van der Waals surface area contributed by atoms with E-state index in [0.29, 0.717) is 58.2 Å². The molecule has 2 aliphatic rings. The summed E-state index contributed by atoms with van der Waals surface area (Å²) >= 11 is 0. The molecule has 0 saturated heterocycles. The van der Waals surface area contributed by atoms with Crippen LogP contribution in [0.1, 0.15) is 143 Å². The van der Waals surface area contributed by atoms with E-state index >= 15 is 4.39 Å². The van der Waals surface area contributed by atoms with Gasteiger partial charge >= 0.3 is 6.18 Å². The molecule has 4 rings (SSSR count). The molecule has 1 aromatic heterocycles. The largest absolute Gasteiger partial charge is 0.416 e. The van der Waals surface area contributed by atoms with Crippen LogP contribution >= 0.6 is 0 Å². The number of halogens is 4. The molecule has 2 atom stereocenters. The highest BCUT2D eigenvalue weighted by atomic mass is 19.4. The number of ether oxygens (including phenoxy) is 1. The summed E-state index contributed by atoms with van der Waals surface area (Å²) in [7, 11) is 1.93. The number of benzene rings is 1. The summed E-state index contributed by atoms with van der Waals surface area (Å²) in [6, 6.07) is 5.41. The molecule has 52 heavy (non-hydrogen) atoms. The number of aromatic nitrogens is 1. The van der Waals surface area contributed by atoms with Crippen LogP contribution in [-0.2, 0) is 23.8 Å². The van der Waals surface area contributed by atoms with Crippen molar-refractivity contribution >= 4 is 6.72 Å². The number of pyridine rings is 1. The minimum absolute atomic E-state index is 0.0267. The zero-order valence-electron chi connectivity index (χ0n) is 32.0. The first kappa shape index (κ1) is 43.1. The van der Waals surface area contributed by atoms with Crippen LogP contribution in [0.4, 0.5) is 17.6 Å². The molecule has 5 nitrogen and oxygen atoms in total. The topological polar surface area (TPSA) is 66.7 Å². The highest BCUT2D eigenvalue weighted by Gasteiger charge is 2.40. The molecule has 0 amide bonds. The van der Waals surface area contributed by atoms with Crippen LogP contribution in [0.5, 0.6) is 0 Å². The summed E-state index contributed by atoms with van der Waals surface area (Å²) < 4.78 is 61.4. The lowest BCUT2D eigenvalue weighted by atomic mass is 9.68. The minimum Gasteiger partial charge on any atom is -0.388 e. The van der Waals surface area contributed by atoms with Gasteiger partial charge in [-0.15, -0.1) is 12.8 Å². The van der Waals surface area contributed by atoms with Crippen molar-refractivity contribution in [3.63, 3.8) is 0 Å². The van der Waals surface area contributed by atoms with Gasteiger partial charge in [0.25, 0.3) is 0 Å². The first-order chi connectivity index (χ1) is 24.6. The number of terminal acetylenes is 1. The van der Waals surface area contributed by atoms with Gasteiger partial charge in [0.05, 0.1) is 18.3 Å². The van der Waals surface area contributed by atoms with E-state index in [0.717, 1.165) is 77.2 Å². The maximum atomic E-state index is 15.2. The van der Waals surface area contributed by atoms with E-state index < -0.39 is 23.5 Å². The SMILES string of the molecule is C#C.C=N/C=C(\C=C(\C)CCC(CCNC)c1nc2c(c(C3CCC(C)(F)CC3)c1Cc1ccc(C(F)(F)F)cc1)[C@@H](O)CC(C)(C)C2)COCC. The number of aliphatic hydroxyl groups excluding tert-OH is 1. The Kier molecular flexibility index (Phi) is 15.9. The number of hydrogen-bond acceptors (Lipinski definition) is 5. The highest BCUT2D eigenvalue weighted by Crippen LogP contribution is 2.50. The monoisotopic (exact) mass is 725 g/mol. The Labute approximate surface area is 309 Å². The molecule has 0 aliphatic heterocycles. The van der Waals surface area contributed by atoms with Gasteiger partial charge in [0, 0.05) is 35.7 Å². The quantitative estimate of drug-likeness (QED) is 0.0830. The van der Waals surface area contributed by atoms with Crippen molar-refractivity contribution in [3.05, 3.63) is 86.9 Å². The van der Waals surface area contributed by atoms with Gasteiger partial charge in [0.1, 0.15) is 5.67 Å². The lowest BCUT2D eigenvalue weighted by Gasteiger charge is -2.40. The number of nitrogens with zero attached hydrogens (tertiary/aromatic N) is 2. The van der Waals surface area contributed by atoms with Crippen LogP contribution in [0, 0.1) is 18.3 Å². The maximum Gasteiger partial charge on any atom is 0.416 e. The number of fused-ring (bicyclic) bond motifs is 1. The predicted molar refractivity (Wildman–Crippen MR) is 205 cm³/mol. The second-order valence-electron chi connectivity index (χ2n) is 15.5. The van der Waals surface area contributed by atoms with Gasteiger partial charge in [-0.1, -0.05) is 37.6 Å². The van der Waals surface area contributed by atoms with Crippen LogP contribution in [0.2, 0.25) is 0 Å². The van der Waals surface area contributed by atoms with E-state index in [1.54, 1.807) is 25.3 Å². The average Bonchev–Trinajstić information content (AvgIpc) is 3.08. The molecule has 1 saturated carbocycles. The number of aliphatic imine (C=N–C) groups is 1. The van der Waals surface area contributed by atoms with Gasteiger partial charge in [0.2, 0.25) is 0 Å². The summed E-state index contributed by atoms with van der Waals surface area (Å²) in [5.74, 6) is 0.0623. The lowest BCUT2D eigenvalue weighted by Crippen LogP contribution is -2.32. The van der Waals surface area contributed by atoms with E-state index in [-0.39, 0.29) is 17.3 Å². The lowest BCUT2D eigenvalue weighted by molar-refractivity contribution is -0.137. The molecular weight excluding hydrogens is 666 g/mol. The van der Waals surface area contributed by atoms with Crippen molar-refractivity contribution in [2.45, 2.75) is 129 Å². The molecule has 2 aromatic rings. The normalized spacial score (nSPS) is 22.6. The number of rotatable bonds is 15. The molecule has 286 valence electrons. The van der Waals surface area contributed by atoms with Crippen molar-refractivity contribution in [2.24, 2.45) is 10.4 Å². The Morgan fingerprint density at radius 3 is 2.37 bits per heavy atom. The fourth-order valence-corrected chi connectivity index (χ4v) is 7.88. The minimum atomic E-state index is -4.43. The van der Waals surface area contributed by atoms with E-state index in [2.05, 4.69) is 56.7 Å². The van der Waals surface area contributed by atoms with Crippen molar-refractivity contribution < 1.29 is 27.4 Å². The second kappa shape index (κ2) is 19.1. The summed E-state index contributed by atoms with van der Waals surface area (Å²) in [6.07, 6.45) is 12.9. The van der Waals surface area contributed by atoms with Crippen LogP contribution < -0.4 is 5.32 Å². The third-order valence-corrected chi connectivity index (χ3v) is 10.5. The molecule has 2 N–H and O–H groups in total. The summed E-state index contributed by atoms with van der Waals surface area (Å²) in [4.78, 5) is 9.40. The summed E-state index contributed by atoms with van der Waals surface area (Å²) in [5, 5.41) is 15.1. The van der Waals surface area contributed by atoms with Crippen molar-refractivity contribution in [2.75, 3.05) is 26.8 Å². The van der Waals surface area contributed by atoms with E-state index in [1.165, 1.54) is 5.57 Å². The molecular formula is C43H59F4N3O2. The van der Waals surface area contributed by atoms with Crippen LogP contribution in [0.25, 0.3) is 0 Å². The first-order valence-electron chi connectivity index (χ1n) is 18.5. The van der Waals surface area contributed by atoms with Crippen LogP contribution in [0.15, 0.2) is 52.7 Å². The molecule has 1 aromatic carbocycles. The van der Waals surface area contributed by atoms with Gasteiger partial charge in [0.15, 0.2) is 0 Å². The molecule has 0 radical (unpaired) electrons. The predicted octanol–water partition coefficient (Wildman–Crippen LogP) is 10.4. The van der Waals surface area contributed by atoms with E-state index in [1.807, 2.05) is 14.0 Å². The van der Waals surface area contributed by atoms with Crippen molar-refractivity contribution in [3.8, 4) is 12.8 Å². The second-order valence-corrected chi connectivity index (χ2v) is 15.5. The van der Waals surface area contributed by atoms with Gasteiger partial charge in [-0.25, -0.2) is 4.39 Å². The van der Waals surface area contributed by atoms with Gasteiger partial charge in [-0.2, -0.15) is 13.2 Å². The summed E-state index contributed by atoms with van der Waals surface area (Å²) in [6.45, 7) is 15.4. The van der Waals surface area contributed by atoms with Crippen LogP contribution in [0.3, 0.4) is 0 Å². The molecule has 2 aliphatic carbocycles. The van der Waals surface area contributed by atoms with Gasteiger partial charge in [-0.3, -0.25) is 9.98 Å². The van der Waals surface area contributed by atoms with E-state index in [4.69, 9.17) is 9.72 Å². The zero-order valence-corrected chi connectivity index (χ0v) is 32.0. The van der Waals surface area contributed by atoms with Crippen LogP contribution in [-0.4, -0.2) is 49.3 Å². The third kappa shape index (κ3) is 11.8. The Bertz CT molecular complexity index is 1550. The first-order valence-corrected chi connectivity index (χ1v) is 18.5. The molecule has 0 spiro atoms. The number of hydrogen-bond donors (Lipinski definition) is 2. The number of alkyl halides is 4. The fraction of sp³-hybridized carbons (Fsp3) is 0.581. The smallest absolute Gasteiger partial charge is 0.388 e. The standard InChI is InChI=1S/C41H57F4N3O2.C2H2/c1-8-50-26-29(25-47-7)21-27(2)9-12-31(17-20-46-6)38-33(22-28-10-13-32(14-11-28)41(43,44)45)36(30-15-18-40(5,42)19-16-30)37-34(48-38)23-39(3,4)24-35(37)49;1-2/h10-11,13-14,21,25,30-31,35,46,49H,7-9,12,15-20,22-24,26H2,1-6H3;1-2H/b27-21-,29-25+;/t30?,31?,35-,40?;/m0./s1. The average molecular weight is 726 g/mol. The Morgan fingerprint density at radius 1 is 1.13 bits per heavy atom. The number of allylic oxidation sites excluding steroid dienone is 1. The molecule has 1 fully saturated rings. The molecule has 1 unspecified atom stereocenters. The van der Waals surface area contributed by atoms with E-state index in [9.17, 15) is 18.3 Å². The molecule has 9 heteroatoms. The van der Waals surface area contributed by atoms with Gasteiger partial charge in [-0.05, 0) is 151 Å². The van der Waals surface area contributed by atoms with Gasteiger partial charge < -0.3 is 15.2 Å². The zero-order chi connectivity index (χ0) is 38.7.